The lowest BCUT2D eigenvalue weighted by atomic mass is 9.77. The van der Waals surface area contributed by atoms with Crippen molar-refractivity contribution in [3.8, 4) is 0 Å². The van der Waals surface area contributed by atoms with E-state index in [1.54, 1.807) is 24.0 Å². The molecule has 0 radical (unpaired) electrons. The molecule has 3 aliphatic rings. The van der Waals surface area contributed by atoms with E-state index in [4.69, 9.17) is 4.74 Å². The number of nitrogens with one attached hydrogen (secondary N) is 2. The molecule has 5 rings (SSSR count). The second-order valence-electron chi connectivity index (χ2n) is 13.0. The summed E-state index contributed by atoms with van der Waals surface area (Å²) in [5, 5.41) is 6.69. The van der Waals surface area contributed by atoms with Gasteiger partial charge in [-0.2, -0.15) is 0 Å². The highest BCUT2D eigenvalue weighted by Gasteiger charge is 2.43. The maximum absolute atomic E-state index is 15.0. The minimum Gasteiger partial charge on any atom is -0.385 e. The van der Waals surface area contributed by atoms with Crippen LogP contribution in [0.5, 0.6) is 0 Å². The molecule has 0 aromatic heterocycles. The van der Waals surface area contributed by atoms with Crippen molar-refractivity contribution in [2.45, 2.75) is 64.8 Å². The number of hydrogen-bond donors (Lipinski definition) is 2. The zero-order chi connectivity index (χ0) is 29.9. The third-order valence-corrected chi connectivity index (χ3v) is 8.91. The van der Waals surface area contributed by atoms with Crippen molar-refractivity contribution in [3.05, 3.63) is 88.9 Å². The predicted molar refractivity (Wildman–Crippen MR) is 165 cm³/mol. The maximum atomic E-state index is 15.0. The number of likely N-dealkylation sites (tertiary alicyclic amines) is 1. The van der Waals surface area contributed by atoms with E-state index in [1.807, 2.05) is 18.2 Å². The molecule has 0 bridgehead atoms. The molecule has 2 aromatic rings. The van der Waals surface area contributed by atoms with Gasteiger partial charge in [0.25, 0.3) is 5.91 Å². The van der Waals surface area contributed by atoms with Crippen LogP contribution in [0.15, 0.2) is 66.4 Å². The summed E-state index contributed by atoms with van der Waals surface area (Å²) in [5.74, 6) is -0.954. The molecule has 2 heterocycles. The summed E-state index contributed by atoms with van der Waals surface area (Å²) in [5.41, 5.74) is 3.59. The Hall–Kier alpha value is -3.45. The highest BCUT2D eigenvalue weighted by atomic mass is 19.1. The first-order chi connectivity index (χ1) is 20.1. The van der Waals surface area contributed by atoms with Crippen LogP contribution in [0.25, 0.3) is 0 Å². The van der Waals surface area contributed by atoms with Gasteiger partial charge in [0, 0.05) is 42.9 Å². The van der Waals surface area contributed by atoms with Gasteiger partial charge in [0.05, 0.1) is 24.1 Å². The number of allylic oxidation sites excluding steroid dienone is 2. The van der Waals surface area contributed by atoms with Crippen molar-refractivity contribution in [2.24, 2.45) is 17.8 Å². The van der Waals surface area contributed by atoms with Gasteiger partial charge in [-0.15, -0.1) is 0 Å². The Balaban J connectivity index is 1.40. The Bertz CT molecular complexity index is 1340. The van der Waals surface area contributed by atoms with Gasteiger partial charge in [-0.05, 0) is 73.4 Å². The number of aryl methyl sites for hydroxylation is 1. The molecule has 2 fully saturated rings. The summed E-state index contributed by atoms with van der Waals surface area (Å²) < 4.78 is 20.5. The van der Waals surface area contributed by atoms with E-state index < -0.39 is 17.8 Å². The molecule has 2 aromatic carbocycles. The Morgan fingerprint density at radius 3 is 2.62 bits per heavy atom. The molecule has 7 heteroatoms. The summed E-state index contributed by atoms with van der Waals surface area (Å²) in [6.45, 7) is 11.2. The summed E-state index contributed by atoms with van der Waals surface area (Å²) in [6, 6.07) is 12.3. The van der Waals surface area contributed by atoms with Crippen molar-refractivity contribution in [1.29, 1.82) is 0 Å². The van der Waals surface area contributed by atoms with Gasteiger partial charge in [0.1, 0.15) is 5.82 Å². The van der Waals surface area contributed by atoms with Crippen LogP contribution in [0.1, 0.15) is 67.9 Å². The molecule has 224 valence electrons. The maximum Gasteiger partial charge on any atom is 0.257 e. The first-order valence-corrected chi connectivity index (χ1v) is 15.3. The molecule has 2 amide bonds. The molecule has 0 saturated carbocycles. The zero-order valence-electron chi connectivity index (χ0n) is 25.3. The van der Waals surface area contributed by atoms with Gasteiger partial charge in [-0.25, -0.2) is 4.39 Å². The van der Waals surface area contributed by atoms with Gasteiger partial charge in [-0.3, -0.25) is 9.59 Å². The molecular formula is C35H44FN3O3. The van der Waals surface area contributed by atoms with Crippen molar-refractivity contribution in [2.75, 3.05) is 31.6 Å². The van der Waals surface area contributed by atoms with E-state index >= 15 is 0 Å². The van der Waals surface area contributed by atoms with E-state index in [0.717, 1.165) is 43.1 Å². The first kappa shape index (κ1) is 30.0. The number of carbonyl (C=O) groups is 2. The Kier molecular flexibility index (Phi) is 9.16. The van der Waals surface area contributed by atoms with Gasteiger partial charge in [-0.1, -0.05) is 57.2 Å². The summed E-state index contributed by atoms with van der Waals surface area (Å²) in [7, 11) is 0. The van der Waals surface area contributed by atoms with Gasteiger partial charge in [0.2, 0.25) is 5.91 Å². The SMILES string of the molecule is Cc1cccc(F)c1C(=O)N1CCCC(C(=O)Nc2cccc(C(C)(C)C)c2)C1[C@@H]1C=CC(NCC2CCOC2)=CC1. The average molecular weight is 574 g/mol. The number of piperidine rings is 1. The van der Waals surface area contributed by atoms with Gasteiger partial charge >= 0.3 is 0 Å². The lowest BCUT2D eigenvalue weighted by molar-refractivity contribution is -0.123. The molecule has 3 unspecified atom stereocenters. The van der Waals surface area contributed by atoms with Gasteiger partial charge in [0.15, 0.2) is 0 Å². The third kappa shape index (κ3) is 6.78. The van der Waals surface area contributed by atoms with Crippen LogP contribution in [-0.4, -0.2) is 49.1 Å². The topological polar surface area (TPSA) is 70.7 Å². The number of benzene rings is 2. The number of anilines is 1. The summed E-state index contributed by atoms with van der Waals surface area (Å²) >= 11 is 0. The van der Waals surface area contributed by atoms with Crippen LogP contribution in [0, 0.1) is 30.5 Å². The second kappa shape index (κ2) is 12.8. The number of halogens is 1. The molecule has 0 spiro atoms. The van der Waals surface area contributed by atoms with E-state index in [0.29, 0.717) is 37.3 Å². The molecule has 2 aliphatic heterocycles. The minimum absolute atomic E-state index is 0.0509. The van der Waals surface area contributed by atoms with Gasteiger partial charge < -0.3 is 20.3 Å². The Morgan fingerprint density at radius 1 is 1.12 bits per heavy atom. The average Bonchev–Trinajstić information content (AvgIpc) is 3.49. The van der Waals surface area contributed by atoms with Crippen molar-refractivity contribution in [1.82, 2.24) is 10.2 Å². The molecule has 4 atom stereocenters. The smallest absolute Gasteiger partial charge is 0.257 e. The highest BCUT2D eigenvalue weighted by Crippen LogP contribution is 2.36. The van der Waals surface area contributed by atoms with E-state index in [2.05, 4.69) is 55.7 Å². The molecule has 6 nitrogen and oxygen atoms in total. The number of carbonyl (C=O) groups excluding carboxylic acids is 2. The van der Waals surface area contributed by atoms with Crippen LogP contribution in [0.3, 0.4) is 0 Å². The first-order valence-electron chi connectivity index (χ1n) is 15.3. The highest BCUT2D eigenvalue weighted by molar-refractivity contribution is 5.98. The fourth-order valence-corrected chi connectivity index (χ4v) is 6.44. The normalized spacial score (nSPS) is 24.3. The third-order valence-electron chi connectivity index (χ3n) is 8.91. The predicted octanol–water partition coefficient (Wildman–Crippen LogP) is 6.38. The lowest BCUT2D eigenvalue weighted by Gasteiger charge is -2.44. The summed E-state index contributed by atoms with van der Waals surface area (Å²) in [4.78, 5) is 29.7. The number of hydrogen-bond acceptors (Lipinski definition) is 4. The van der Waals surface area contributed by atoms with Crippen LogP contribution in [0.4, 0.5) is 10.1 Å². The van der Waals surface area contributed by atoms with Crippen molar-refractivity contribution in [3.63, 3.8) is 0 Å². The number of amides is 2. The van der Waals surface area contributed by atoms with Crippen LogP contribution in [-0.2, 0) is 14.9 Å². The molecule has 2 N–H and O–H groups in total. The second-order valence-corrected chi connectivity index (χ2v) is 13.0. The fraction of sp³-hybridized carbons (Fsp3) is 0.486. The molecule has 2 saturated heterocycles. The number of rotatable bonds is 7. The van der Waals surface area contributed by atoms with Crippen LogP contribution in [0.2, 0.25) is 0 Å². The lowest BCUT2D eigenvalue weighted by Crippen LogP contribution is -2.55. The molecule has 1 aliphatic carbocycles. The number of ether oxygens (including phenoxy) is 1. The monoisotopic (exact) mass is 573 g/mol. The van der Waals surface area contributed by atoms with E-state index in [9.17, 15) is 14.0 Å². The quantitative estimate of drug-likeness (QED) is 0.404. The zero-order valence-corrected chi connectivity index (χ0v) is 25.3. The largest absolute Gasteiger partial charge is 0.385 e. The standard InChI is InChI=1S/C35H44FN3O3/c1-23-8-5-12-30(36)31(23)34(41)39-18-7-11-29(33(40)38-28-10-6-9-26(20-28)35(2,3)4)32(39)25-13-15-27(16-14-25)37-21-24-17-19-42-22-24/h5-6,8-10,12-13,15-16,20,24-25,29,32,37H,7,11,14,17-19,21-22H2,1-4H3,(H,38,40)/t24?,25-,29?,32?/m1/s1. The molecule has 42 heavy (non-hydrogen) atoms. The fourth-order valence-electron chi connectivity index (χ4n) is 6.44. The van der Waals surface area contributed by atoms with Crippen molar-refractivity contribution >= 4 is 17.5 Å². The number of nitrogens with zero attached hydrogens (tertiary/aromatic N) is 1. The Labute approximate surface area is 249 Å². The Morgan fingerprint density at radius 2 is 1.93 bits per heavy atom. The van der Waals surface area contributed by atoms with E-state index in [1.165, 1.54) is 6.07 Å². The van der Waals surface area contributed by atoms with Crippen molar-refractivity contribution < 1.29 is 18.7 Å². The van der Waals surface area contributed by atoms with Crippen LogP contribution < -0.4 is 10.6 Å². The van der Waals surface area contributed by atoms with Crippen LogP contribution >= 0.6 is 0 Å². The molecular weight excluding hydrogens is 529 g/mol. The van der Waals surface area contributed by atoms with E-state index in [-0.39, 0.29) is 28.7 Å². The minimum atomic E-state index is -0.522. The summed E-state index contributed by atoms with van der Waals surface area (Å²) in [6.07, 6.45) is 9.45.